The van der Waals surface area contributed by atoms with Crippen molar-refractivity contribution in [3.05, 3.63) is 62.7 Å². The second-order valence-electron chi connectivity index (χ2n) is 5.52. The quantitative estimate of drug-likeness (QED) is 0.731. The van der Waals surface area contributed by atoms with Crippen LogP contribution < -0.4 is 0 Å². The van der Waals surface area contributed by atoms with Gasteiger partial charge in [-0.2, -0.15) is 0 Å². The third kappa shape index (κ3) is 2.25. The SMILES string of the molecule is [2H]c1sc2c(c1[2H])C(=C1CCN(C)CC1)c1c([2H])c([2H])c([2H])c([2H])c1C([2H])([2H])C2=O. The summed E-state index contributed by atoms with van der Waals surface area (Å²) in [6.07, 6.45) is -1.58. The zero-order valence-corrected chi connectivity index (χ0v) is 12.9. The number of fused-ring (bicyclic) bond motifs is 2. The minimum absolute atomic E-state index is 0.0519. The Kier molecular flexibility index (Phi) is 1.92. The molecule has 0 amide bonds. The molecule has 0 bridgehead atoms. The molecule has 0 N–H and O–H groups in total. The Hall–Kier alpha value is -1.71. The van der Waals surface area contributed by atoms with Crippen molar-refractivity contribution in [1.82, 2.24) is 4.90 Å². The molecular formula is C19H19NOS. The number of benzene rings is 1. The Balaban J connectivity index is 2.23. The second kappa shape index (κ2) is 5.49. The average Bonchev–Trinajstić information content (AvgIpc) is 2.95. The molecule has 3 heteroatoms. The maximum absolute atomic E-state index is 13.2. The van der Waals surface area contributed by atoms with Gasteiger partial charge in [0.05, 0.1) is 13.1 Å². The van der Waals surface area contributed by atoms with E-state index < -0.39 is 36.3 Å². The van der Waals surface area contributed by atoms with E-state index >= 15 is 0 Å². The third-order valence-corrected chi connectivity index (χ3v) is 4.93. The summed E-state index contributed by atoms with van der Waals surface area (Å²) in [6.45, 7) is 1.39. The summed E-state index contributed by atoms with van der Waals surface area (Å²) in [5.41, 5.74) is 0.840. The molecule has 1 aromatic heterocycles. The van der Waals surface area contributed by atoms with E-state index in [9.17, 15) is 4.79 Å². The highest BCUT2D eigenvalue weighted by atomic mass is 32.1. The fourth-order valence-electron chi connectivity index (χ4n) is 2.95. The lowest BCUT2D eigenvalue weighted by Crippen LogP contribution is -2.27. The smallest absolute Gasteiger partial charge is 0.177 e. The van der Waals surface area contributed by atoms with Crippen LogP contribution in [0.3, 0.4) is 0 Å². The van der Waals surface area contributed by atoms with Gasteiger partial charge in [0.25, 0.3) is 0 Å². The first-order chi connectivity index (χ1) is 14.0. The number of carbonyl (C=O) groups excluding carboxylic acids is 1. The van der Waals surface area contributed by atoms with Crippen LogP contribution in [0.15, 0.2) is 41.1 Å². The van der Waals surface area contributed by atoms with Crippen molar-refractivity contribution in [2.75, 3.05) is 20.1 Å². The van der Waals surface area contributed by atoms with Gasteiger partial charge >= 0.3 is 0 Å². The van der Waals surface area contributed by atoms with E-state index in [2.05, 4.69) is 4.90 Å². The molecule has 1 fully saturated rings. The normalized spacial score (nSPS) is 26.3. The Morgan fingerprint density at radius 3 is 2.77 bits per heavy atom. The van der Waals surface area contributed by atoms with Gasteiger partial charge in [0, 0.05) is 27.8 Å². The summed E-state index contributed by atoms with van der Waals surface area (Å²) < 4.78 is 66.6. The highest BCUT2D eigenvalue weighted by Gasteiger charge is 2.27. The number of ketones is 1. The van der Waals surface area contributed by atoms with Gasteiger partial charge in [-0.25, -0.2) is 0 Å². The van der Waals surface area contributed by atoms with Gasteiger partial charge in [-0.15, -0.1) is 11.3 Å². The van der Waals surface area contributed by atoms with Crippen LogP contribution in [0.25, 0.3) is 5.57 Å². The summed E-state index contributed by atoms with van der Waals surface area (Å²) in [5, 5.41) is -0.167. The van der Waals surface area contributed by atoms with Crippen LogP contribution in [0, 0.1) is 0 Å². The molecule has 2 nitrogen and oxygen atoms in total. The number of hydrogen-bond acceptors (Lipinski definition) is 3. The molecule has 1 aliphatic carbocycles. The Bertz CT molecular complexity index is 1130. The van der Waals surface area contributed by atoms with E-state index in [1.54, 1.807) is 0 Å². The van der Waals surface area contributed by atoms with E-state index in [-0.39, 0.29) is 33.0 Å². The van der Waals surface area contributed by atoms with Crippen molar-refractivity contribution >= 4 is 22.7 Å². The second-order valence-corrected chi connectivity index (χ2v) is 6.34. The topological polar surface area (TPSA) is 20.3 Å². The maximum Gasteiger partial charge on any atom is 0.177 e. The van der Waals surface area contributed by atoms with Crippen molar-refractivity contribution < 1.29 is 15.8 Å². The first-order valence-corrected chi connectivity index (χ1v) is 7.97. The van der Waals surface area contributed by atoms with E-state index in [1.165, 1.54) is 0 Å². The molecule has 1 aromatic carbocycles. The van der Waals surface area contributed by atoms with Crippen molar-refractivity contribution in [2.45, 2.75) is 19.2 Å². The van der Waals surface area contributed by atoms with Gasteiger partial charge in [0.1, 0.15) is 0 Å². The average molecular weight is 317 g/mol. The first kappa shape index (κ1) is 7.71. The predicted octanol–water partition coefficient (Wildman–Crippen LogP) is 4.01. The summed E-state index contributed by atoms with van der Waals surface area (Å²) >= 11 is 0.728. The minimum Gasteiger partial charge on any atom is -0.306 e. The number of thiophene rings is 1. The van der Waals surface area contributed by atoms with Crippen molar-refractivity contribution in [3.8, 4) is 0 Å². The zero-order valence-electron chi connectivity index (χ0n) is 20.1. The molecule has 0 unspecified atom stereocenters. The van der Waals surface area contributed by atoms with Gasteiger partial charge < -0.3 is 4.90 Å². The van der Waals surface area contributed by atoms with E-state index in [1.807, 2.05) is 7.05 Å². The first-order valence-electron chi connectivity index (χ1n) is 11.1. The minimum atomic E-state index is -2.71. The van der Waals surface area contributed by atoms with Gasteiger partial charge in [-0.3, -0.25) is 4.79 Å². The summed E-state index contributed by atoms with van der Waals surface area (Å²) in [5.74, 6) is -0.968. The molecule has 0 spiro atoms. The highest BCUT2D eigenvalue weighted by molar-refractivity contribution is 7.12. The Morgan fingerprint density at radius 2 is 1.95 bits per heavy atom. The molecular weight excluding hydrogens is 290 g/mol. The lowest BCUT2D eigenvalue weighted by molar-refractivity contribution is 0.0997. The molecule has 1 aliphatic heterocycles. The van der Waals surface area contributed by atoms with Crippen molar-refractivity contribution in [3.63, 3.8) is 0 Å². The predicted molar refractivity (Wildman–Crippen MR) is 91.5 cm³/mol. The molecule has 112 valence electrons. The van der Waals surface area contributed by atoms with Crippen molar-refractivity contribution in [1.29, 1.82) is 0 Å². The number of likely N-dealkylation sites (tertiary alicyclic amines) is 1. The number of piperidine rings is 1. The molecule has 4 rings (SSSR count). The fourth-order valence-corrected chi connectivity index (χ4v) is 3.61. The van der Waals surface area contributed by atoms with Gasteiger partial charge in [0.2, 0.25) is 0 Å². The van der Waals surface area contributed by atoms with Crippen LogP contribution in [0.4, 0.5) is 0 Å². The zero-order chi connectivity index (χ0) is 22.1. The fraction of sp³-hybridized carbons (Fsp3) is 0.316. The molecule has 0 atom stereocenters. The number of rotatable bonds is 0. The van der Waals surface area contributed by atoms with Crippen LogP contribution in [0.2, 0.25) is 0 Å². The molecule has 1 saturated heterocycles. The lowest BCUT2D eigenvalue weighted by atomic mass is 9.88. The summed E-state index contributed by atoms with van der Waals surface area (Å²) in [7, 11) is 1.96. The third-order valence-electron chi connectivity index (χ3n) is 4.13. The highest BCUT2D eigenvalue weighted by Crippen LogP contribution is 2.40. The number of nitrogens with zero attached hydrogens (tertiary/aromatic N) is 1. The standard InChI is InChI=1S/C19H19NOS/c1-20-9-6-13(7-10-20)18-15-5-3-2-4-14(15)12-17(21)19-16(18)8-11-22-19/h2-5,8,11H,6-7,9-10,12H2,1H3/i2D,3D,4D,5D,8D,11D,12D2. The van der Waals surface area contributed by atoms with Crippen molar-refractivity contribution in [2.24, 2.45) is 0 Å². The molecule has 0 radical (unpaired) electrons. The molecule has 22 heavy (non-hydrogen) atoms. The van der Waals surface area contributed by atoms with Crippen LogP contribution in [0.5, 0.6) is 0 Å². The lowest BCUT2D eigenvalue weighted by Gasteiger charge is -2.27. The number of Topliss-reactive ketones (excluding diaryl/α,β-unsaturated/α-hetero) is 1. The van der Waals surface area contributed by atoms with Crippen LogP contribution in [-0.4, -0.2) is 30.8 Å². The van der Waals surface area contributed by atoms with E-state index in [0.717, 1.165) is 16.9 Å². The van der Waals surface area contributed by atoms with E-state index in [4.69, 9.17) is 11.0 Å². The summed E-state index contributed by atoms with van der Waals surface area (Å²) in [6, 6.07) is -2.32. The monoisotopic (exact) mass is 317 g/mol. The summed E-state index contributed by atoms with van der Waals surface area (Å²) in [4.78, 5) is 15.3. The Morgan fingerprint density at radius 1 is 1.18 bits per heavy atom. The van der Waals surface area contributed by atoms with Crippen LogP contribution in [-0.2, 0) is 6.37 Å². The largest absolute Gasteiger partial charge is 0.306 e. The van der Waals surface area contributed by atoms with E-state index in [0.29, 0.717) is 31.5 Å². The van der Waals surface area contributed by atoms with Gasteiger partial charge in [0.15, 0.2) is 5.78 Å². The number of carbonyl (C=O) groups is 1. The maximum atomic E-state index is 13.2. The van der Waals surface area contributed by atoms with Crippen LogP contribution in [0.1, 0.15) is 50.2 Å². The molecule has 2 aliphatic rings. The Labute approximate surface area is 146 Å². The molecule has 0 saturated carbocycles. The van der Waals surface area contributed by atoms with Gasteiger partial charge in [-0.1, -0.05) is 29.7 Å². The molecule has 2 aromatic rings. The number of hydrogen-bond donors (Lipinski definition) is 0. The van der Waals surface area contributed by atoms with Gasteiger partial charge in [-0.05, 0) is 48.0 Å². The molecule has 2 heterocycles. The van der Waals surface area contributed by atoms with Crippen LogP contribution >= 0.6 is 11.3 Å².